The van der Waals surface area contributed by atoms with E-state index in [1.165, 1.54) is 0 Å². The molecule has 22 heavy (non-hydrogen) atoms. The number of carbonyl (C=O) groups excluding carboxylic acids is 1. The van der Waals surface area contributed by atoms with Crippen LogP contribution in [0.4, 0.5) is 0 Å². The number of aryl methyl sites for hydroxylation is 1. The summed E-state index contributed by atoms with van der Waals surface area (Å²) in [6.45, 7) is 2.48. The van der Waals surface area contributed by atoms with Crippen LogP contribution in [0.5, 0.6) is 0 Å². The van der Waals surface area contributed by atoms with Crippen LogP contribution in [0.2, 0.25) is 0 Å². The number of nitrogens with one attached hydrogen (secondary N) is 1. The molecule has 1 heterocycles. The van der Waals surface area contributed by atoms with Gasteiger partial charge in [-0.15, -0.1) is 0 Å². The lowest BCUT2D eigenvalue weighted by molar-refractivity contribution is 0.0950. The van der Waals surface area contributed by atoms with Gasteiger partial charge >= 0.3 is 0 Å². The van der Waals surface area contributed by atoms with Crippen LogP contribution in [0.15, 0.2) is 67.0 Å². The molecule has 0 saturated heterocycles. The first-order valence-corrected chi connectivity index (χ1v) is 7.17. The minimum Gasteiger partial charge on any atom is -0.348 e. The number of nitrogens with zero attached hydrogens (tertiary/aromatic N) is 2. The van der Waals surface area contributed by atoms with Crippen molar-refractivity contribution in [3.8, 4) is 5.69 Å². The normalized spacial score (nSPS) is 10.4. The molecule has 2 aromatic carbocycles. The zero-order valence-electron chi connectivity index (χ0n) is 12.4. The summed E-state index contributed by atoms with van der Waals surface area (Å²) < 4.78 is 1.73. The lowest BCUT2D eigenvalue weighted by Gasteiger charge is -2.13. The smallest absolute Gasteiger partial charge is 0.253 e. The van der Waals surface area contributed by atoms with Gasteiger partial charge < -0.3 is 5.32 Å². The summed E-state index contributed by atoms with van der Waals surface area (Å²) in [6, 6.07) is 17.4. The van der Waals surface area contributed by atoms with Crippen LogP contribution < -0.4 is 5.32 Å². The van der Waals surface area contributed by atoms with Gasteiger partial charge in [0.15, 0.2) is 0 Å². The van der Waals surface area contributed by atoms with Gasteiger partial charge in [0, 0.05) is 18.9 Å². The molecule has 1 aromatic heterocycles. The van der Waals surface area contributed by atoms with Gasteiger partial charge in [-0.05, 0) is 30.2 Å². The van der Waals surface area contributed by atoms with Crippen molar-refractivity contribution in [2.24, 2.45) is 0 Å². The van der Waals surface area contributed by atoms with Crippen molar-refractivity contribution < 1.29 is 4.79 Å². The number of para-hydroxylation sites is 1. The fourth-order valence-corrected chi connectivity index (χ4v) is 2.42. The lowest BCUT2D eigenvalue weighted by Crippen LogP contribution is -2.24. The maximum atomic E-state index is 12.5. The topological polar surface area (TPSA) is 46.9 Å². The third kappa shape index (κ3) is 2.91. The zero-order chi connectivity index (χ0) is 15.4. The molecule has 4 nitrogen and oxygen atoms in total. The van der Waals surface area contributed by atoms with E-state index >= 15 is 0 Å². The molecule has 0 aliphatic rings. The Morgan fingerprint density at radius 2 is 1.91 bits per heavy atom. The van der Waals surface area contributed by atoms with Crippen LogP contribution in [-0.2, 0) is 6.54 Å². The highest BCUT2D eigenvalue weighted by molar-refractivity contribution is 5.98. The van der Waals surface area contributed by atoms with Gasteiger partial charge in [0.05, 0.1) is 11.3 Å². The summed E-state index contributed by atoms with van der Waals surface area (Å²) >= 11 is 0. The Morgan fingerprint density at radius 1 is 1.09 bits per heavy atom. The van der Waals surface area contributed by atoms with E-state index < -0.39 is 0 Å². The van der Waals surface area contributed by atoms with Crippen LogP contribution in [0.3, 0.4) is 0 Å². The van der Waals surface area contributed by atoms with Crippen LogP contribution in [0.1, 0.15) is 21.5 Å². The Balaban J connectivity index is 1.85. The highest BCUT2D eigenvalue weighted by Gasteiger charge is 2.14. The number of benzene rings is 2. The van der Waals surface area contributed by atoms with Crippen LogP contribution in [0, 0.1) is 6.92 Å². The van der Waals surface area contributed by atoms with Crippen molar-refractivity contribution in [1.29, 1.82) is 0 Å². The largest absolute Gasteiger partial charge is 0.348 e. The van der Waals surface area contributed by atoms with Gasteiger partial charge in [-0.25, -0.2) is 4.68 Å². The molecular weight excluding hydrogens is 274 g/mol. The second-order valence-electron chi connectivity index (χ2n) is 5.09. The summed E-state index contributed by atoms with van der Waals surface area (Å²) in [5.74, 6) is -0.0990. The number of rotatable bonds is 4. The fourth-order valence-electron chi connectivity index (χ4n) is 2.42. The second kappa shape index (κ2) is 6.26. The Morgan fingerprint density at radius 3 is 2.64 bits per heavy atom. The highest BCUT2D eigenvalue weighted by Crippen LogP contribution is 2.18. The number of hydrogen-bond donors (Lipinski definition) is 1. The molecular formula is C18H17N3O. The summed E-state index contributed by atoms with van der Waals surface area (Å²) in [5.41, 5.74) is 3.53. The molecule has 0 fully saturated rings. The highest BCUT2D eigenvalue weighted by atomic mass is 16.1. The first-order chi connectivity index (χ1) is 10.8. The Labute approximate surface area is 129 Å². The molecule has 110 valence electrons. The maximum absolute atomic E-state index is 12.5. The minimum absolute atomic E-state index is 0.0990. The van der Waals surface area contributed by atoms with E-state index in [2.05, 4.69) is 10.4 Å². The average molecular weight is 291 g/mol. The van der Waals surface area contributed by atoms with Crippen molar-refractivity contribution in [1.82, 2.24) is 15.1 Å². The van der Waals surface area contributed by atoms with Gasteiger partial charge in [0.2, 0.25) is 0 Å². The van der Waals surface area contributed by atoms with Crippen molar-refractivity contribution in [3.05, 3.63) is 83.7 Å². The van der Waals surface area contributed by atoms with Gasteiger partial charge in [0.25, 0.3) is 5.91 Å². The Bertz CT molecular complexity index is 764. The summed E-state index contributed by atoms with van der Waals surface area (Å²) in [5, 5.41) is 7.21. The number of hydrogen-bond acceptors (Lipinski definition) is 2. The molecule has 0 aliphatic carbocycles. The number of carbonyl (C=O) groups is 1. The molecule has 3 aromatic rings. The van der Waals surface area contributed by atoms with Crippen LogP contribution in [0.25, 0.3) is 5.69 Å². The maximum Gasteiger partial charge on any atom is 0.253 e. The van der Waals surface area contributed by atoms with E-state index in [0.717, 1.165) is 16.8 Å². The Hall–Kier alpha value is -2.88. The first-order valence-electron chi connectivity index (χ1n) is 7.17. The van der Waals surface area contributed by atoms with Crippen LogP contribution in [-0.4, -0.2) is 15.7 Å². The molecule has 0 radical (unpaired) electrons. The number of amides is 1. The van der Waals surface area contributed by atoms with E-state index in [9.17, 15) is 4.79 Å². The quantitative estimate of drug-likeness (QED) is 0.803. The SMILES string of the molecule is Cc1cccc(C(=O)NCc2ccccc2)c1-n1cccn1. The predicted molar refractivity (Wildman–Crippen MR) is 85.9 cm³/mol. The molecule has 3 rings (SSSR count). The molecule has 4 heteroatoms. The molecule has 0 spiro atoms. The van der Waals surface area contributed by atoms with Gasteiger partial charge in [0.1, 0.15) is 0 Å². The van der Waals surface area contributed by atoms with E-state index in [1.807, 2.05) is 67.7 Å². The summed E-state index contributed by atoms with van der Waals surface area (Å²) in [4.78, 5) is 12.5. The average Bonchev–Trinajstić information content (AvgIpc) is 3.07. The van der Waals surface area contributed by atoms with Crippen molar-refractivity contribution in [3.63, 3.8) is 0 Å². The number of aromatic nitrogens is 2. The molecule has 0 aliphatic heterocycles. The van der Waals surface area contributed by atoms with Gasteiger partial charge in [-0.2, -0.15) is 5.10 Å². The molecule has 0 atom stereocenters. The van der Waals surface area contributed by atoms with Crippen molar-refractivity contribution in [2.75, 3.05) is 0 Å². The zero-order valence-corrected chi connectivity index (χ0v) is 12.4. The monoisotopic (exact) mass is 291 g/mol. The van der Waals surface area contributed by atoms with Gasteiger partial charge in [-0.3, -0.25) is 4.79 Å². The molecule has 1 N–H and O–H groups in total. The fraction of sp³-hybridized carbons (Fsp3) is 0.111. The molecule has 0 bridgehead atoms. The summed E-state index contributed by atoms with van der Waals surface area (Å²) in [6.07, 6.45) is 3.55. The van der Waals surface area contributed by atoms with E-state index in [-0.39, 0.29) is 5.91 Å². The standard InChI is InChI=1S/C18H17N3O/c1-14-7-5-10-16(17(14)21-12-6-11-20-21)18(22)19-13-15-8-3-2-4-9-15/h2-12H,13H2,1H3,(H,19,22). The molecule has 0 saturated carbocycles. The third-order valence-electron chi connectivity index (χ3n) is 3.51. The van der Waals surface area contributed by atoms with Crippen molar-refractivity contribution in [2.45, 2.75) is 13.5 Å². The van der Waals surface area contributed by atoms with E-state index in [4.69, 9.17) is 0 Å². The van der Waals surface area contributed by atoms with Crippen molar-refractivity contribution >= 4 is 5.91 Å². The van der Waals surface area contributed by atoms with E-state index in [0.29, 0.717) is 12.1 Å². The second-order valence-corrected chi connectivity index (χ2v) is 5.09. The molecule has 1 amide bonds. The van der Waals surface area contributed by atoms with Gasteiger partial charge in [-0.1, -0.05) is 42.5 Å². The third-order valence-corrected chi connectivity index (χ3v) is 3.51. The minimum atomic E-state index is -0.0990. The molecule has 0 unspecified atom stereocenters. The van der Waals surface area contributed by atoms with E-state index in [1.54, 1.807) is 10.9 Å². The Kier molecular flexibility index (Phi) is 4.01. The first kappa shape index (κ1) is 14.1. The predicted octanol–water partition coefficient (Wildman–Crippen LogP) is 3.11. The lowest BCUT2D eigenvalue weighted by atomic mass is 10.1. The van der Waals surface area contributed by atoms with Crippen LogP contribution >= 0.6 is 0 Å². The summed E-state index contributed by atoms with van der Waals surface area (Å²) in [7, 11) is 0.